The number of rotatable bonds is 3. The lowest BCUT2D eigenvalue weighted by Gasteiger charge is -2.25. The van der Waals surface area contributed by atoms with E-state index in [1.54, 1.807) is 23.9 Å². The fraction of sp³-hybridized carbons (Fsp3) is 0.556. The van der Waals surface area contributed by atoms with E-state index in [4.69, 9.17) is 0 Å². The highest BCUT2D eigenvalue weighted by atomic mass is 32.2. The highest BCUT2D eigenvalue weighted by Crippen LogP contribution is 2.45. The van der Waals surface area contributed by atoms with E-state index in [1.807, 2.05) is 13.0 Å². The van der Waals surface area contributed by atoms with Gasteiger partial charge in [0.05, 0.1) is 0 Å². The Bertz CT molecular complexity index is 706. The summed E-state index contributed by atoms with van der Waals surface area (Å²) in [7, 11) is 0. The molecule has 2 aliphatic carbocycles. The summed E-state index contributed by atoms with van der Waals surface area (Å²) < 4.78 is 15.9. The Hall–Kier alpha value is -1.36. The average molecular weight is 331 g/mol. The lowest BCUT2D eigenvalue weighted by atomic mass is 9.95. The van der Waals surface area contributed by atoms with Crippen LogP contribution < -0.4 is 0 Å². The molecule has 5 heteroatoms. The van der Waals surface area contributed by atoms with Crippen molar-refractivity contribution in [2.45, 2.75) is 68.3 Å². The lowest BCUT2D eigenvalue weighted by Crippen LogP contribution is -2.15. The SMILES string of the molecule is Cc1nnc(SC2CCc3ccc(F)cc32)n1C1CCCCC1. The van der Waals surface area contributed by atoms with Crippen molar-refractivity contribution >= 4 is 11.8 Å². The maximum absolute atomic E-state index is 13.6. The quantitative estimate of drug-likeness (QED) is 0.792. The van der Waals surface area contributed by atoms with Crippen LogP contribution in [-0.4, -0.2) is 14.8 Å². The van der Waals surface area contributed by atoms with Crippen LogP contribution in [-0.2, 0) is 6.42 Å². The Morgan fingerprint density at radius 2 is 1.96 bits per heavy atom. The number of hydrogen-bond acceptors (Lipinski definition) is 3. The van der Waals surface area contributed by atoms with E-state index in [1.165, 1.54) is 37.7 Å². The fourth-order valence-corrected chi connectivity index (χ4v) is 5.29. The summed E-state index contributed by atoms with van der Waals surface area (Å²) in [5, 5.41) is 10.1. The molecule has 4 rings (SSSR count). The molecule has 0 N–H and O–H groups in total. The normalized spacial score (nSPS) is 21.6. The first-order valence-corrected chi connectivity index (χ1v) is 9.47. The van der Waals surface area contributed by atoms with E-state index in [2.05, 4.69) is 14.8 Å². The van der Waals surface area contributed by atoms with Crippen LogP contribution in [0.3, 0.4) is 0 Å². The molecular weight excluding hydrogens is 309 g/mol. The van der Waals surface area contributed by atoms with Crippen molar-refractivity contribution in [3.63, 3.8) is 0 Å². The molecule has 1 fully saturated rings. The van der Waals surface area contributed by atoms with Crippen LogP contribution in [0, 0.1) is 12.7 Å². The van der Waals surface area contributed by atoms with Crippen molar-refractivity contribution in [1.29, 1.82) is 0 Å². The predicted octanol–water partition coefficient (Wildman–Crippen LogP) is 5.01. The summed E-state index contributed by atoms with van der Waals surface area (Å²) in [6.45, 7) is 2.05. The second-order valence-corrected chi connectivity index (χ2v) is 7.85. The van der Waals surface area contributed by atoms with Crippen LogP contribution in [0.4, 0.5) is 4.39 Å². The van der Waals surface area contributed by atoms with Gasteiger partial charge in [-0.2, -0.15) is 0 Å². The van der Waals surface area contributed by atoms with Gasteiger partial charge in [0.1, 0.15) is 11.6 Å². The van der Waals surface area contributed by atoms with Gasteiger partial charge < -0.3 is 4.57 Å². The molecule has 0 amide bonds. The van der Waals surface area contributed by atoms with Crippen molar-refractivity contribution in [1.82, 2.24) is 14.8 Å². The second kappa shape index (κ2) is 6.27. The fourth-order valence-electron chi connectivity index (χ4n) is 3.97. The molecule has 1 aromatic heterocycles. The first-order valence-electron chi connectivity index (χ1n) is 8.59. The molecule has 0 radical (unpaired) electrons. The zero-order valence-electron chi connectivity index (χ0n) is 13.5. The molecule has 1 aromatic carbocycles. The maximum atomic E-state index is 13.6. The van der Waals surface area contributed by atoms with Crippen molar-refractivity contribution in [3.05, 3.63) is 41.0 Å². The van der Waals surface area contributed by atoms with Gasteiger partial charge >= 0.3 is 0 Å². The van der Waals surface area contributed by atoms with Crippen LogP contribution in [0.1, 0.15) is 66.8 Å². The molecule has 0 spiro atoms. The molecule has 2 aliphatic rings. The Morgan fingerprint density at radius 3 is 2.78 bits per heavy atom. The van der Waals surface area contributed by atoms with Crippen molar-refractivity contribution in [2.75, 3.05) is 0 Å². The molecule has 0 bridgehead atoms. The molecule has 3 nitrogen and oxygen atoms in total. The van der Waals surface area contributed by atoms with Crippen molar-refractivity contribution in [3.8, 4) is 0 Å². The van der Waals surface area contributed by atoms with Crippen LogP contribution in [0.2, 0.25) is 0 Å². The molecule has 122 valence electrons. The minimum absolute atomic E-state index is 0.138. The number of aryl methyl sites for hydroxylation is 2. The Balaban J connectivity index is 1.60. The number of aromatic nitrogens is 3. The maximum Gasteiger partial charge on any atom is 0.192 e. The van der Waals surface area contributed by atoms with E-state index in [0.29, 0.717) is 11.3 Å². The van der Waals surface area contributed by atoms with Crippen LogP contribution in [0.5, 0.6) is 0 Å². The summed E-state index contributed by atoms with van der Waals surface area (Å²) in [4.78, 5) is 0. The molecule has 0 saturated heterocycles. The van der Waals surface area contributed by atoms with Gasteiger partial charge in [0.2, 0.25) is 0 Å². The Morgan fingerprint density at radius 1 is 1.13 bits per heavy atom. The first kappa shape index (κ1) is 15.2. The largest absolute Gasteiger partial charge is 0.303 e. The summed E-state index contributed by atoms with van der Waals surface area (Å²) in [6, 6.07) is 5.74. The number of thioether (sulfide) groups is 1. The number of benzene rings is 1. The number of fused-ring (bicyclic) bond motifs is 1. The standard InChI is InChI=1S/C18H22FN3S/c1-12-20-21-18(22(12)15-5-3-2-4-6-15)23-17-10-8-13-7-9-14(19)11-16(13)17/h7,9,11,15,17H,2-6,8,10H2,1H3. The first-order chi connectivity index (χ1) is 11.2. The second-order valence-electron chi connectivity index (χ2n) is 6.68. The van der Waals surface area contributed by atoms with E-state index in [-0.39, 0.29) is 5.82 Å². The highest BCUT2D eigenvalue weighted by molar-refractivity contribution is 7.99. The Kier molecular flexibility index (Phi) is 4.14. The van der Waals surface area contributed by atoms with Gasteiger partial charge in [0.15, 0.2) is 5.16 Å². The zero-order chi connectivity index (χ0) is 15.8. The third-order valence-electron chi connectivity index (χ3n) is 5.15. The van der Waals surface area contributed by atoms with Crippen LogP contribution in [0.15, 0.2) is 23.4 Å². The van der Waals surface area contributed by atoms with Gasteiger partial charge in [-0.1, -0.05) is 37.1 Å². The molecule has 1 saturated carbocycles. The number of nitrogens with zero attached hydrogens (tertiary/aromatic N) is 3. The van der Waals surface area contributed by atoms with E-state index >= 15 is 0 Å². The minimum Gasteiger partial charge on any atom is -0.303 e. The summed E-state index contributed by atoms with van der Waals surface area (Å²) in [5.74, 6) is 0.873. The van der Waals surface area contributed by atoms with Crippen molar-refractivity contribution < 1.29 is 4.39 Å². The Labute approximate surface area is 140 Å². The lowest BCUT2D eigenvalue weighted by molar-refractivity contribution is 0.331. The number of halogens is 1. The average Bonchev–Trinajstić information content (AvgIpc) is 3.12. The summed E-state index contributed by atoms with van der Waals surface area (Å²) in [5.41, 5.74) is 2.43. The number of hydrogen-bond donors (Lipinski definition) is 0. The highest BCUT2D eigenvalue weighted by Gasteiger charge is 2.28. The van der Waals surface area contributed by atoms with Crippen molar-refractivity contribution in [2.24, 2.45) is 0 Å². The minimum atomic E-state index is -0.138. The zero-order valence-corrected chi connectivity index (χ0v) is 14.3. The third-order valence-corrected chi connectivity index (χ3v) is 6.42. The third kappa shape index (κ3) is 2.91. The summed E-state index contributed by atoms with van der Waals surface area (Å²) >= 11 is 1.77. The monoisotopic (exact) mass is 331 g/mol. The van der Waals surface area contributed by atoms with E-state index < -0.39 is 0 Å². The smallest absolute Gasteiger partial charge is 0.192 e. The van der Waals surface area contributed by atoms with E-state index in [0.717, 1.165) is 29.4 Å². The van der Waals surface area contributed by atoms with Gasteiger partial charge in [0, 0.05) is 11.3 Å². The van der Waals surface area contributed by atoms with E-state index in [9.17, 15) is 4.39 Å². The molecule has 1 heterocycles. The molecule has 1 unspecified atom stereocenters. The van der Waals surface area contributed by atoms with Gasteiger partial charge in [0.25, 0.3) is 0 Å². The summed E-state index contributed by atoms with van der Waals surface area (Å²) in [6.07, 6.45) is 8.47. The topological polar surface area (TPSA) is 30.7 Å². The van der Waals surface area contributed by atoms with Crippen LogP contribution >= 0.6 is 11.8 Å². The molecule has 2 aromatic rings. The van der Waals surface area contributed by atoms with Gasteiger partial charge in [-0.3, -0.25) is 0 Å². The van der Waals surface area contributed by atoms with Gasteiger partial charge in [-0.05, 0) is 55.9 Å². The molecule has 23 heavy (non-hydrogen) atoms. The molecule has 0 aliphatic heterocycles. The molecular formula is C18H22FN3S. The predicted molar refractivity (Wildman–Crippen MR) is 90.2 cm³/mol. The molecule has 1 atom stereocenters. The van der Waals surface area contributed by atoms with Gasteiger partial charge in [-0.15, -0.1) is 10.2 Å². The van der Waals surface area contributed by atoms with Gasteiger partial charge in [-0.25, -0.2) is 4.39 Å². The van der Waals surface area contributed by atoms with Crippen LogP contribution in [0.25, 0.3) is 0 Å².